The zero-order valence-electron chi connectivity index (χ0n) is 18.4. The second kappa shape index (κ2) is 9.82. The van der Waals surface area contributed by atoms with Crippen LogP contribution in [0.2, 0.25) is 0 Å². The van der Waals surface area contributed by atoms with Crippen LogP contribution in [-0.2, 0) is 17.6 Å². The number of thioether (sulfide) groups is 1. The average molecular weight is 447 g/mol. The molecule has 164 valence electrons. The molecule has 2 N–H and O–H groups in total. The van der Waals surface area contributed by atoms with Gasteiger partial charge in [0.2, 0.25) is 11.1 Å². The van der Waals surface area contributed by atoms with Crippen LogP contribution in [0.3, 0.4) is 0 Å². The van der Waals surface area contributed by atoms with Crippen molar-refractivity contribution in [3.05, 3.63) is 77.1 Å². The summed E-state index contributed by atoms with van der Waals surface area (Å²) >= 11 is 1.47. The van der Waals surface area contributed by atoms with Crippen molar-refractivity contribution in [2.75, 3.05) is 23.4 Å². The molecule has 0 atom stereocenters. The summed E-state index contributed by atoms with van der Waals surface area (Å²) in [6.45, 7) is 4.70. The molecule has 4 aromatic rings. The van der Waals surface area contributed by atoms with Crippen LogP contribution in [0.1, 0.15) is 22.5 Å². The van der Waals surface area contributed by atoms with Crippen molar-refractivity contribution < 1.29 is 4.79 Å². The van der Waals surface area contributed by atoms with Crippen molar-refractivity contribution in [2.45, 2.75) is 31.8 Å². The largest absolute Gasteiger partial charge is 0.385 e. The standard InChI is InChI=1S/C24H26N6OS/c1-16-21(17(2)30-23(26-16)28-24(29-30)32-3)15-22(31)27-20-11-9-19(10-12-20)25-14-13-18-7-5-4-6-8-18/h4-12,25H,13-15H2,1-3H3,(H,27,31). The lowest BCUT2D eigenvalue weighted by atomic mass is 10.1. The maximum Gasteiger partial charge on any atom is 0.253 e. The first-order chi connectivity index (χ1) is 15.5. The maximum absolute atomic E-state index is 12.7. The van der Waals surface area contributed by atoms with Gasteiger partial charge in [-0.25, -0.2) is 9.50 Å². The minimum Gasteiger partial charge on any atom is -0.385 e. The topological polar surface area (TPSA) is 84.2 Å². The van der Waals surface area contributed by atoms with Crippen molar-refractivity contribution in [2.24, 2.45) is 0 Å². The normalized spacial score (nSPS) is 11.0. The lowest BCUT2D eigenvalue weighted by Gasteiger charge is -2.11. The molecule has 0 radical (unpaired) electrons. The molecule has 0 aliphatic carbocycles. The van der Waals surface area contributed by atoms with E-state index < -0.39 is 0 Å². The highest BCUT2D eigenvalue weighted by Gasteiger charge is 2.16. The fourth-order valence-electron chi connectivity index (χ4n) is 3.57. The third kappa shape index (κ3) is 5.08. The number of nitrogens with zero attached hydrogens (tertiary/aromatic N) is 4. The lowest BCUT2D eigenvalue weighted by Crippen LogP contribution is -2.17. The molecule has 2 heterocycles. The molecular weight excluding hydrogens is 420 g/mol. The Balaban J connectivity index is 1.36. The number of hydrogen-bond donors (Lipinski definition) is 2. The van der Waals surface area contributed by atoms with Crippen LogP contribution < -0.4 is 10.6 Å². The van der Waals surface area contributed by atoms with E-state index in [0.717, 1.165) is 41.3 Å². The number of aryl methyl sites for hydroxylation is 2. The molecule has 0 saturated carbocycles. The summed E-state index contributed by atoms with van der Waals surface area (Å²) in [7, 11) is 0. The average Bonchev–Trinajstić information content (AvgIpc) is 3.22. The molecule has 2 aromatic carbocycles. The van der Waals surface area contributed by atoms with Gasteiger partial charge in [-0.3, -0.25) is 4.79 Å². The van der Waals surface area contributed by atoms with Gasteiger partial charge < -0.3 is 10.6 Å². The Morgan fingerprint density at radius 1 is 1.00 bits per heavy atom. The predicted octanol–water partition coefficient (Wildman–Crippen LogP) is 4.30. The van der Waals surface area contributed by atoms with Crippen molar-refractivity contribution in [3.8, 4) is 0 Å². The number of aromatic nitrogens is 4. The zero-order valence-corrected chi connectivity index (χ0v) is 19.2. The van der Waals surface area contributed by atoms with E-state index in [0.29, 0.717) is 10.9 Å². The van der Waals surface area contributed by atoms with E-state index in [1.165, 1.54) is 17.3 Å². The highest BCUT2D eigenvalue weighted by Crippen LogP contribution is 2.19. The minimum absolute atomic E-state index is 0.0904. The van der Waals surface area contributed by atoms with Crippen molar-refractivity contribution in [1.82, 2.24) is 19.6 Å². The SMILES string of the molecule is CSc1nc2nc(C)c(CC(=O)Nc3ccc(NCCc4ccccc4)cc3)c(C)n2n1. The second-order valence-corrected chi connectivity index (χ2v) is 8.31. The molecule has 2 aromatic heterocycles. The van der Waals surface area contributed by atoms with Crippen LogP contribution in [0.5, 0.6) is 0 Å². The van der Waals surface area contributed by atoms with Gasteiger partial charge in [0.15, 0.2) is 0 Å². The Hall–Kier alpha value is -3.39. The summed E-state index contributed by atoms with van der Waals surface area (Å²) in [4.78, 5) is 21.6. The molecule has 4 rings (SSSR count). The Labute approximate surface area is 191 Å². The highest BCUT2D eigenvalue weighted by atomic mass is 32.2. The third-order valence-electron chi connectivity index (χ3n) is 5.30. The molecule has 32 heavy (non-hydrogen) atoms. The van der Waals surface area contributed by atoms with Crippen LogP contribution in [0.25, 0.3) is 5.78 Å². The fraction of sp³-hybridized carbons (Fsp3) is 0.250. The van der Waals surface area contributed by atoms with Gasteiger partial charge >= 0.3 is 0 Å². The van der Waals surface area contributed by atoms with Gasteiger partial charge in [-0.05, 0) is 56.4 Å². The third-order valence-corrected chi connectivity index (χ3v) is 5.84. The van der Waals surface area contributed by atoms with E-state index in [9.17, 15) is 4.79 Å². The number of benzene rings is 2. The molecule has 1 amide bonds. The monoisotopic (exact) mass is 446 g/mol. The number of nitrogens with one attached hydrogen (secondary N) is 2. The number of carbonyl (C=O) groups excluding carboxylic acids is 1. The fourth-order valence-corrected chi connectivity index (χ4v) is 3.90. The van der Waals surface area contributed by atoms with Crippen molar-refractivity contribution in [1.29, 1.82) is 0 Å². The quantitative estimate of drug-likeness (QED) is 0.393. The van der Waals surface area contributed by atoms with Crippen LogP contribution in [-0.4, -0.2) is 38.3 Å². The van der Waals surface area contributed by atoms with Gasteiger partial charge in [0.25, 0.3) is 5.78 Å². The van der Waals surface area contributed by atoms with Gasteiger partial charge in [0.1, 0.15) is 0 Å². The number of amides is 1. The number of rotatable bonds is 8. The van der Waals surface area contributed by atoms with E-state index in [4.69, 9.17) is 0 Å². The van der Waals surface area contributed by atoms with Gasteiger partial charge in [-0.1, -0.05) is 42.1 Å². The zero-order chi connectivity index (χ0) is 22.5. The van der Waals surface area contributed by atoms with Crippen LogP contribution in [0.4, 0.5) is 11.4 Å². The van der Waals surface area contributed by atoms with Gasteiger partial charge in [0, 0.05) is 34.9 Å². The van der Waals surface area contributed by atoms with Crippen LogP contribution in [0.15, 0.2) is 59.8 Å². The first kappa shape index (κ1) is 21.8. The summed E-state index contributed by atoms with van der Waals surface area (Å²) in [5.74, 6) is 0.469. The van der Waals surface area contributed by atoms with E-state index in [2.05, 4.69) is 50.0 Å². The van der Waals surface area contributed by atoms with Gasteiger partial charge in [-0.2, -0.15) is 4.98 Å². The van der Waals surface area contributed by atoms with Crippen LogP contribution in [0, 0.1) is 13.8 Å². The molecule has 0 aliphatic heterocycles. The number of anilines is 2. The Kier molecular flexibility index (Phi) is 6.70. The highest BCUT2D eigenvalue weighted by molar-refractivity contribution is 7.98. The predicted molar refractivity (Wildman–Crippen MR) is 129 cm³/mol. The van der Waals surface area contributed by atoms with Gasteiger partial charge in [-0.15, -0.1) is 5.10 Å². The maximum atomic E-state index is 12.7. The van der Waals surface area contributed by atoms with Crippen molar-refractivity contribution in [3.63, 3.8) is 0 Å². The van der Waals surface area contributed by atoms with E-state index in [1.807, 2.05) is 50.4 Å². The second-order valence-electron chi connectivity index (χ2n) is 7.54. The molecule has 0 unspecified atom stereocenters. The molecule has 0 spiro atoms. The summed E-state index contributed by atoms with van der Waals surface area (Å²) in [5.41, 5.74) is 5.63. The molecular formula is C24H26N6OS. The van der Waals surface area contributed by atoms with E-state index in [1.54, 1.807) is 4.52 Å². The van der Waals surface area contributed by atoms with E-state index >= 15 is 0 Å². The summed E-state index contributed by atoms with van der Waals surface area (Å²) in [6.07, 6.45) is 3.11. The summed E-state index contributed by atoms with van der Waals surface area (Å²) < 4.78 is 1.71. The molecule has 0 bridgehead atoms. The molecule has 0 fully saturated rings. The van der Waals surface area contributed by atoms with E-state index in [-0.39, 0.29) is 12.3 Å². The van der Waals surface area contributed by atoms with Gasteiger partial charge in [0.05, 0.1) is 6.42 Å². The smallest absolute Gasteiger partial charge is 0.253 e. The van der Waals surface area contributed by atoms with Crippen LogP contribution >= 0.6 is 11.8 Å². The molecule has 0 aliphatic rings. The Morgan fingerprint density at radius 2 is 1.72 bits per heavy atom. The summed E-state index contributed by atoms with van der Waals surface area (Å²) in [5, 5.41) is 11.5. The Bertz CT molecular complexity index is 1220. The molecule has 8 heteroatoms. The van der Waals surface area contributed by atoms with Crippen molar-refractivity contribution >= 4 is 34.8 Å². The number of fused-ring (bicyclic) bond motifs is 1. The molecule has 7 nitrogen and oxygen atoms in total. The first-order valence-corrected chi connectivity index (χ1v) is 11.7. The first-order valence-electron chi connectivity index (χ1n) is 10.5. The minimum atomic E-state index is -0.0904. The number of carbonyl (C=O) groups is 1. The Morgan fingerprint density at radius 3 is 2.44 bits per heavy atom. The number of hydrogen-bond acceptors (Lipinski definition) is 6. The lowest BCUT2D eigenvalue weighted by molar-refractivity contribution is -0.115. The summed E-state index contributed by atoms with van der Waals surface area (Å²) in [6, 6.07) is 18.2. The molecule has 0 saturated heterocycles.